The van der Waals surface area contributed by atoms with E-state index in [9.17, 15) is 5.11 Å². The van der Waals surface area contributed by atoms with E-state index in [0.29, 0.717) is 6.42 Å². The highest BCUT2D eigenvalue weighted by Crippen LogP contribution is 2.45. The van der Waals surface area contributed by atoms with Crippen LogP contribution < -0.4 is 0 Å². The Hall–Kier alpha value is -0.280. The zero-order valence-electron chi connectivity index (χ0n) is 17.9. The number of ether oxygens (including phenoxy) is 5. The van der Waals surface area contributed by atoms with Crippen LogP contribution in [0.1, 0.15) is 59.8 Å². The van der Waals surface area contributed by atoms with Crippen LogP contribution in [0.5, 0.6) is 0 Å². The molecule has 0 amide bonds. The maximum Gasteiger partial charge on any atom is 0.146 e. The molecule has 0 saturated carbocycles. The molecule has 3 rings (SSSR count). The molecule has 2 N–H and O–H groups in total. The fourth-order valence-electron chi connectivity index (χ4n) is 4.75. The SMILES string of the molecule is COCO[C@H](C)[C@]1(C)CC[C@H]([C@]2(C)CC[C@@H](C[C@H](O)[C@H](C)[C@H]3O[C@@H]3CO)O2)O1. The number of hydrogen-bond donors (Lipinski definition) is 2. The Morgan fingerprint density at radius 1 is 1.14 bits per heavy atom. The van der Waals surface area contributed by atoms with Gasteiger partial charge in [-0.2, -0.15) is 0 Å². The Morgan fingerprint density at radius 3 is 2.54 bits per heavy atom. The van der Waals surface area contributed by atoms with E-state index in [0.717, 1.165) is 25.7 Å². The van der Waals surface area contributed by atoms with Gasteiger partial charge in [-0.3, -0.25) is 0 Å². The first-order chi connectivity index (χ1) is 13.2. The second-order valence-corrected chi connectivity index (χ2v) is 9.25. The van der Waals surface area contributed by atoms with E-state index < -0.39 is 6.10 Å². The van der Waals surface area contributed by atoms with Gasteiger partial charge >= 0.3 is 0 Å². The lowest BCUT2D eigenvalue weighted by atomic mass is 9.90. The average molecular weight is 403 g/mol. The molecular weight excluding hydrogens is 364 g/mol. The van der Waals surface area contributed by atoms with Crippen molar-refractivity contribution in [2.45, 2.75) is 108 Å². The number of methoxy groups -OCH3 is 1. The molecule has 0 unspecified atom stereocenters. The highest BCUT2D eigenvalue weighted by atomic mass is 16.7. The van der Waals surface area contributed by atoms with Crippen LogP contribution in [-0.2, 0) is 23.7 Å². The maximum absolute atomic E-state index is 10.6. The topological polar surface area (TPSA) is 89.9 Å². The molecule has 0 aliphatic carbocycles. The predicted octanol–water partition coefficient (Wildman–Crippen LogP) is 2.02. The van der Waals surface area contributed by atoms with Crippen LogP contribution in [-0.4, -0.2) is 78.5 Å². The molecule has 9 atom stereocenters. The standard InChI is InChI=1S/C21H38O7/c1-13(19-17(11-22)26-19)16(23)10-15-6-8-21(4,27-15)18-7-9-20(3,28-18)14(2)25-12-24-5/h13-19,22-23H,6-12H2,1-5H3/t13-,14+,15-,16-,17+,18+,19+,20-,21-/m0/s1. The van der Waals surface area contributed by atoms with Crippen LogP contribution in [0.4, 0.5) is 0 Å². The van der Waals surface area contributed by atoms with Gasteiger partial charge in [0.15, 0.2) is 0 Å². The van der Waals surface area contributed by atoms with E-state index in [4.69, 9.17) is 28.8 Å². The first-order valence-corrected chi connectivity index (χ1v) is 10.6. The minimum Gasteiger partial charge on any atom is -0.394 e. The van der Waals surface area contributed by atoms with Gasteiger partial charge in [-0.25, -0.2) is 0 Å². The fourth-order valence-corrected chi connectivity index (χ4v) is 4.75. The molecule has 7 heteroatoms. The molecule has 0 aromatic heterocycles. The molecule has 7 nitrogen and oxygen atoms in total. The molecule has 3 aliphatic heterocycles. The Bertz CT molecular complexity index is 517. The van der Waals surface area contributed by atoms with Gasteiger partial charge in [0, 0.05) is 13.0 Å². The summed E-state index contributed by atoms with van der Waals surface area (Å²) in [5.41, 5.74) is -0.680. The highest BCUT2D eigenvalue weighted by Gasteiger charge is 2.52. The van der Waals surface area contributed by atoms with Crippen LogP contribution in [0.25, 0.3) is 0 Å². The van der Waals surface area contributed by atoms with Gasteiger partial charge in [0.1, 0.15) is 12.9 Å². The van der Waals surface area contributed by atoms with Gasteiger partial charge in [0.2, 0.25) is 0 Å². The van der Waals surface area contributed by atoms with E-state index in [1.165, 1.54) is 0 Å². The lowest BCUT2D eigenvalue weighted by Gasteiger charge is -2.36. The summed E-state index contributed by atoms with van der Waals surface area (Å²) in [4.78, 5) is 0. The summed E-state index contributed by atoms with van der Waals surface area (Å²) >= 11 is 0. The molecule has 3 aliphatic rings. The highest BCUT2D eigenvalue weighted by molar-refractivity contribution is 5.01. The van der Waals surface area contributed by atoms with Gasteiger partial charge in [0.05, 0.1) is 48.3 Å². The van der Waals surface area contributed by atoms with Gasteiger partial charge in [-0.15, -0.1) is 0 Å². The summed E-state index contributed by atoms with van der Waals surface area (Å²) < 4.78 is 29.0. The van der Waals surface area contributed by atoms with Crippen LogP contribution in [0.3, 0.4) is 0 Å². The Kier molecular flexibility index (Phi) is 7.07. The molecule has 164 valence electrons. The van der Waals surface area contributed by atoms with E-state index in [2.05, 4.69) is 13.8 Å². The van der Waals surface area contributed by atoms with Crippen LogP contribution >= 0.6 is 0 Å². The second kappa shape index (κ2) is 8.84. The van der Waals surface area contributed by atoms with Crippen molar-refractivity contribution < 1.29 is 33.9 Å². The molecule has 3 saturated heterocycles. The van der Waals surface area contributed by atoms with E-state index in [1.807, 2.05) is 13.8 Å². The number of aliphatic hydroxyl groups excluding tert-OH is 2. The fraction of sp³-hybridized carbons (Fsp3) is 1.00. The largest absolute Gasteiger partial charge is 0.394 e. The van der Waals surface area contributed by atoms with Crippen molar-refractivity contribution in [3.05, 3.63) is 0 Å². The van der Waals surface area contributed by atoms with Crippen LogP contribution in [0.15, 0.2) is 0 Å². The average Bonchev–Trinajstić information content (AvgIpc) is 3.20. The van der Waals surface area contributed by atoms with Crippen molar-refractivity contribution in [1.29, 1.82) is 0 Å². The normalized spacial score (nSPS) is 43.8. The zero-order valence-corrected chi connectivity index (χ0v) is 17.9. The molecule has 0 aromatic carbocycles. The zero-order chi connectivity index (χ0) is 20.5. The summed E-state index contributed by atoms with van der Waals surface area (Å²) in [6.45, 7) is 8.52. The second-order valence-electron chi connectivity index (χ2n) is 9.25. The van der Waals surface area contributed by atoms with Gasteiger partial charge in [0.25, 0.3) is 0 Å². The summed E-state index contributed by atoms with van der Waals surface area (Å²) in [6.07, 6.45) is 3.62. The van der Waals surface area contributed by atoms with Crippen molar-refractivity contribution in [2.24, 2.45) is 5.92 Å². The molecule has 3 fully saturated rings. The maximum atomic E-state index is 10.6. The third-order valence-corrected chi connectivity index (χ3v) is 7.12. The molecule has 0 bridgehead atoms. The molecule has 3 heterocycles. The minimum absolute atomic E-state index is 0.00240. The monoisotopic (exact) mass is 402 g/mol. The minimum atomic E-state index is -0.494. The first-order valence-electron chi connectivity index (χ1n) is 10.6. The number of rotatable bonds is 10. The van der Waals surface area contributed by atoms with Crippen molar-refractivity contribution >= 4 is 0 Å². The van der Waals surface area contributed by atoms with Gasteiger partial charge in [-0.1, -0.05) is 6.92 Å². The Balaban J connectivity index is 1.50. The lowest BCUT2D eigenvalue weighted by molar-refractivity contribution is -0.194. The predicted molar refractivity (Wildman–Crippen MR) is 103 cm³/mol. The van der Waals surface area contributed by atoms with Crippen molar-refractivity contribution in [1.82, 2.24) is 0 Å². The summed E-state index contributed by atoms with van der Waals surface area (Å²) in [7, 11) is 1.62. The third kappa shape index (κ3) is 4.72. The van der Waals surface area contributed by atoms with Gasteiger partial charge in [-0.05, 0) is 52.9 Å². The number of epoxide rings is 1. The molecule has 0 spiro atoms. The molecule has 0 radical (unpaired) electrons. The summed E-state index contributed by atoms with van der Waals surface area (Å²) in [6, 6.07) is 0. The van der Waals surface area contributed by atoms with Crippen molar-refractivity contribution in [2.75, 3.05) is 20.5 Å². The van der Waals surface area contributed by atoms with E-state index in [1.54, 1.807) is 7.11 Å². The van der Waals surface area contributed by atoms with Crippen LogP contribution in [0.2, 0.25) is 0 Å². The van der Waals surface area contributed by atoms with Crippen molar-refractivity contribution in [3.8, 4) is 0 Å². The van der Waals surface area contributed by atoms with E-state index in [-0.39, 0.29) is 61.0 Å². The summed E-state index contributed by atoms with van der Waals surface area (Å²) in [5, 5.41) is 19.7. The van der Waals surface area contributed by atoms with Crippen LogP contribution in [0, 0.1) is 5.92 Å². The first kappa shape index (κ1) is 22.4. The molecule has 0 aromatic rings. The Morgan fingerprint density at radius 2 is 1.89 bits per heavy atom. The molecular formula is C21H38O7. The quantitative estimate of drug-likeness (QED) is 0.427. The summed E-state index contributed by atoms with van der Waals surface area (Å²) in [5.74, 6) is -0.00240. The smallest absolute Gasteiger partial charge is 0.146 e. The third-order valence-electron chi connectivity index (χ3n) is 7.12. The lowest BCUT2D eigenvalue weighted by Crippen LogP contribution is -2.45. The van der Waals surface area contributed by atoms with Gasteiger partial charge < -0.3 is 33.9 Å². The Labute approximate surface area is 168 Å². The number of aliphatic hydroxyl groups is 2. The van der Waals surface area contributed by atoms with Crippen molar-refractivity contribution in [3.63, 3.8) is 0 Å². The molecule has 28 heavy (non-hydrogen) atoms. The van der Waals surface area contributed by atoms with E-state index >= 15 is 0 Å². The number of hydrogen-bond acceptors (Lipinski definition) is 7.